The number of H-pyrrole nitrogens is 1. The van der Waals surface area contributed by atoms with Crippen molar-refractivity contribution in [2.45, 2.75) is 52.6 Å². The number of hydrogen-bond donors (Lipinski definition) is 2. The summed E-state index contributed by atoms with van der Waals surface area (Å²) >= 11 is 6.97. The summed E-state index contributed by atoms with van der Waals surface area (Å²) in [6.45, 7) is 13.7. The Morgan fingerprint density at radius 1 is 1.43 bits per heavy atom. The summed E-state index contributed by atoms with van der Waals surface area (Å²) in [6.07, 6.45) is 1.28. The van der Waals surface area contributed by atoms with E-state index in [9.17, 15) is 4.79 Å². The zero-order valence-corrected chi connectivity index (χ0v) is 19.0. The van der Waals surface area contributed by atoms with Crippen molar-refractivity contribution in [2.24, 2.45) is 11.8 Å². The van der Waals surface area contributed by atoms with Gasteiger partial charge in [0.15, 0.2) is 10.6 Å². The third-order valence-corrected chi connectivity index (χ3v) is 6.79. The number of likely N-dealkylation sites (tertiary alicyclic amines) is 1. The van der Waals surface area contributed by atoms with Crippen molar-refractivity contribution >= 4 is 29.5 Å². The molecule has 3 heterocycles. The van der Waals surface area contributed by atoms with Crippen LogP contribution in [0.2, 0.25) is 0 Å². The third kappa shape index (κ3) is 4.55. The summed E-state index contributed by atoms with van der Waals surface area (Å²) in [4.78, 5) is 16.4. The number of nitrogens with zero attached hydrogens (tertiary/aromatic N) is 3. The van der Waals surface area contributed by atoms with Crippen LogP contribution in [-0.2, 0) is 4.79 Å². The van der Waals surface area contributed by atoms with Crippen LogP contribution in [0.4, 0.5) is 0 Å². The summed E-state index contributed by atoms with van der Waals surface area (Å²) in [6, 6.07) is 3.52. The molecule has 2 aromatic rings. The van der Waals surface area contributed by atoms with Crippen LogP contribution in [0, 0.1) is 16.6 Å². The van der Waals surface area contributed by atoms with Gasteiger partial charge in [-0.3, -0.25) is 19.4 Å². The van der Waals surface area contributed by atoms with E-state index in [1.54, 1.807) is 15.9 Å². The monoisotopic (exact) mass is 421 g/mol. The molecule has 1 fully saturated rings. The molecule has 28 heavy (non-hydrogen) atoms. The lowest BCUT2D eigenvalue weighted by atomic mass is 9.88. The van der Waals surface area contributed by atoms with Crippen LogP contribution in [0.25, 0.3) is 10.7 Å². The second kappa shape index (κ2) is 8.47. The predicted molar refractivity (Wildman–Crippen MR) is 117 cm³/mol. The van der Waals surface area contributed by atoms with E-state index < -0.39 is 6.04 Å². The van der Waals surface area contributed by atoms with E-state index in [0.29, 0.717) is 29.0 Å². The number of rotatable bonds is 6. The van der Waals surface area contributed by atoms with E-state index in [1.807, 2.05) is 24.4 Å². The molecular formula is C20H31N5OS2. The smallest absolute Gasteiger partial charge is 0.243 e. The highest BCUT2D eigenvalue weighted by atomic mass is 32.1. The Hall–Kier alpha value is -1.51. The number of aromatic amines is 1. The first-order valence-corrected chi connectivity index (χ1v) is 11.2. The number of piperidine rings is 1. The lowest BCUT2D eigenvalue weighted by Crippen LogP contribution is -2.56. The van der Waals surface area contributed by atoms with Crippen LogP contribution in [-0.4, -0.2) is 50.7 Å². The van der Waals surface area contributed by atoms with Crippen molar-refractivity contribution in [1.82, 2.24) is 25.0 Å². The van der Waals surface area contributed by atoms with Crippen LogP contribution >= 0.6 is 23.6 Å². The molecule has 3 rings (SSSR count). The Bertz CT molecular complexity index is 844. The number of aromatic nitrogens is 3. The van der Waals surface area contributed by atoms with Gasteiger partial charge >= 0.3 is 0 Å². The Balaban J connectivity index is 1.68. The first-order valence-electron chi connectivity index (χ1n) is 9.92. The molecule has 3 unspecified atom stereocenters. The molecule has 1 aliphatic rings. The van der Waals surface area contributed by atoms with E-state index in [1.165, 1.54) is 6.42 Å². The van der Waals surface area contributed by atoms with Gasteiger partial charge in [0.25, 0.3) is 0 Å². The number of hydrogen-bond acceptors (Lipinski definition) is 5. The molecule has 2 aromatic heterocycles. The topological polar surface area (TPSA) is 66.0 Å². The Morgan fingerprint density at radius 2 is 2.11 bits per heavy atom. The molecule has 2 N–H and O–H groups in total. The molecule has 1 saturated heterocycles. The fraction of sp³-hybridized carbons (Fsp3) is 0.650. The Morgan fingerprint density at radius 3 is 2.71 bits per heavy atom. The number of amides is 1. The maximum atomic E-state index is 12.9. The highest BCUT2D eigenvalue weighted by Gasteiger charge is 2.33. The van der Waals surface area contributed by atoms with Crippen molar-refractivity contribution in [1.29, 1.82) is 0 Å². The summed E-state index contributed by atoms with van der Waals surface area (Å²) < 4.78 is 2.26. The van der Waals surface area contributed by atoms with Crippen molar-refractivity contribution < 1.29 is 4.79 Å². The van der Waals surface area contributed by atoms with Gasteiger partial charge in [0.1, 0.15) is 6.04 Å². The van der Waals surface area contributed by atoms with Crippen molar-refractivity contribution in [3.05, 3.63) is 22.3 Å². The molecule has 8 heteroatoms. The van der Waals surface area contributed by atoms with Gasteiger partial charge in [0, 0.05) is 25.2 Å². The van der Waals surface area contributed by atoms with Crippen LogP contribution in [0.5, 0.6) is 0 Å². The van der Waals surface area contributed by atoms with Gasteiger partial charge in [-0.05, 0) is 62.7 Å². The fourth-order valence-electron chi connectivity index (χ4n) is 4.08. The molecular weight excluding hydrogens is 390 g/mol. The first-order chi connectivity index (χ1) is 13.2. The highest BCUT2D eigenvalue weighted by Crippen LogP contribution is 2.28. The van der Waals surface area contributed by atoms with E-state index in [4.69, 9.17) is 12.2 Å². The molecule has 0 aliphatic carbocycles. The average molecular weight is 422 g/mol. The van der Waals surface area contributed by atoms with Crippen molar-refractivity contribution in [2.75, 3.05) is 19.6 Å². The van der Waals surface area contributed by atoms with Gasteiger partial charge in [-0.1, -0.05) is 19.9 Å². The van der Waals surface area contributed by atoms with E-state index in [2.05, 4.69) is 48.1 Å². The lowest BCUT2D eigenvalue weighted by molar-refractivity contribution is -0.124. The van der Waals surface area contributed by atoms with Gasteiger partial charge in [-0.2, -0.15) is 5.10 Å². The molecule has 6 nitrogen and oxygen atoms in total. The molecule has 1 aliphatic heterocycles. The molecule has 0 bridgehead atoms. The second-order valence-corrected chi connectivity index (χ2v) is 10.1. The minimum absolute atomic E-state index is 0.0403. The summed E-state index contributed by atoms with van der Waals surface area (Å²) in [5, 5.41) is 12.3. The molecule has 0 saturated carbocycles. The van der Waals surface area contributed by atoms with Crippen molar-refractivity contribution in [3.8, 4) is 10.7 Å². The maximum Gasteiger partial charge on any atom is 0.243 e. The second-order valence-electron chi connectivity index (χ2n) is 8.76. The minimum Gasteiger partial charge on any atom is -0.352 e. The van der Waals surface area contributed by atoms with Crippen LogP contribution < -0.4 is 5.32 Å². The van der Waals surface area contributed by atoms with Gasteiger partial charge in [-0.15, -0.1) is 11.3 Å². The number of carbonyl (C=O) groups is 1. The van der Waals surface area contributed by atoms with Gasteiger partial charge in [-0.25, -0.2) is 0 Å². The third-order valence-electron chi connectivity index (χ3n) is 5.63. The van der Waals surface area contributed by atoms with Gasteiger partial charge < -0.3 is 5.32 Å². The SMILES string of the molecule is CC1CC(C)CN(C(C)(C)CNC(=O)C(C)n2c(-c3cccs3)n[nH]c2=S)C1. The number of nitrogens with one attached hydrogen (secondary N) is 2. The van der Waals surface area contributed by atoms with Crippen LogP contribution in [0.15, 0.2) is 17.5 Å². The molecule has 0 aromatic carbocycles. The molecule has 3 atom stereocenters. The molecule has 1 amide bonds. The molecule has 0 spiro atoms. The summed E-state index contributed by atoms with van der Waals surface area (Å²) in [5.74, 6) is 2.05. The summed E-state index contributed by atoms with van der Waals surface area (Å²) in [5.41, 5.74) is -0.0905. The first kappa shape index (κ1) is 21.2. The maximum absolute atomic E-state index is 12.9. The zero-order chi connectivity index (χ0) is 20.5. The number of carbonyl (C=O) groups excluding carboxylic acids is 1. The fourth-order valence-corrected chi connectivity index (χ4v) is 5.08. The standard InChI is InChI=1S/C20H31N5OS2/c1-13-9-14(2)11-24(10-13)20(4,5)12-21-18(26)15(3)25-17(22-23-19(25)27)16-7-6-8-28-16/h6-8,13-15H,9-12H2,1-5H3,(H,21,26)(H,23,27). The van der Waals surface area contributed by atoms with Crippen LogP contribution in [0.3, 0.4) is 0 Å². The van der Waals surface area contributed by atoms with E-state index >= 15 is 0 Å². The predicted octanol–water partition coefficient (Wildman–Crippen LogP) is 4.10. The Labute approximate surface area is 176 Å². The quantitative estimate of drug-likeness (QED) is 0.689. The minimum atomic E-state index is -0.432. The van der Waals surface area contributed by atoms with E-state index in [-0.39, 0.29) is 11.4 Å². The normalized spacial score (nSPS) is 22.2. The molecule has 0 radical (unpaired) electrons. The lowest BCUT2D eigenvalue weighted by Gasteiger charge is -2.45. The zero-order valence-electron chi connectivity index (χ0n) is 17.4. The van der Waals surface area contributed by atoms with Gasteiger partial charge in [0.05, 0.1) is 4.88 Å². The van der Waals surface area contributed by atoms with Crippen LogP contribution in [0.1, 0.15) is 47.1 Å². The Kier molecular flexibility index (Phi) is 6.41. The molecule has 154 valence electrons. The summed E-state index contributed by atoms with van der Waals surface area (Å²) in [7, 11) is 0. The average Bonchev–Trinajstić information content (AvgIpc) is 3.27. The van der Waals surface area contributed by atoms with Gasteiger partial charge in [0.2, 0.25) is 5.91 Å². The number of thiophene rings is 1. The highest BCUT2D eigenvalue weighted by molar-refractivity contribution is 7.71. The van der Waals surface area contributed by atoms with E-state index in [0.717, 1.165) is 18.0 Å². The largest absolute Gasteiger partial charge is 0.352 e. The van der Waals surface area contributed by atoms with Crippen molar-refractivity contribution in [3.63, 3.8) is 0 Å².